The molecule has 0 bridgehead atoms. The van der Waals surface area contributed by atoms with E-state index in [9.17, 15) is 9.59 Å². The fourth-order valence-electron chi connectivity index (χ4n) is 3.18. The van der Waals surface area contributed by atoms with Gasteiger partial charge >= 0.3 is 6.09 Å². The van der Waals surface area contributed by atoms with Gasteiger partial charge in [0.1, 0.15) is 11.9 Å². The van der Waals surface area contributed by atoms with Crippen molar-refractivity contribution in [2.75, 3.05) is 16.8 Å². The molecular formula is C22H20N4O3. The lowest BCUT2D eigenvalue weighted by atomic mass is 10.1. The van der Waals surface area contributed by atoms with Crippen LogP contribution in [0.3, 0.4) is 0 Å². The van der Waals surface area contributed by atoms with Crippen molar-refractivity contribution in [3.63, 3.8) is 0 Å². The Morgan fingerprint density at radius 2 is 2.00 bits per heavy atom. The van der Waals surface area contributed by atoms with Gasteiger partial charge in [-0.3, -0.25) is 14.7 Å². The first-order valence-corrected chi connectivity index (χ1v) is 9.37. The highest BCUT2D eigenvalue weighted by Crippen LogP contribution is 2.30. The van der Waals surface area contributed by atoms with Crippen LogP contribution < -0.4 is 10.2 Å². The second-order valence-electron chi connectivity index (χ2n) is 6.70. The number of hydrogen-bond donors (Lipinski definition) is 1. The van der Waals surface area contributed by atoms with Crippen LogP contribution in [-0.2, 0) is 16.0 Å². The molecule has 1 saturated heterocycles. The highest BCUT2D eigenvalue weighted by atomic mass is 16.6. The van der Waals surface area contributed by atoms with Gasteiger partial charge in [-0.05, 0) is 29.7 Å². The van der Waals surface area contributed by atoms with Gasteiger partial charge in [-0.15, -0.1) is 0 Å². The second-order valence-corrected chi connectivity index (χ2v) is 6.70. The van der Waals surface area contributed by atoms with E-state index in [4.69, 9.17) is 4.74 Å². The summed E-state index contributed by atoms with van der Waals surface area (Å²) in [6.07, 6.45) is 5.18. The molecule has 2 aromatic heterocycles. The Morgan fingerprint density at radius 3 is 2.79 bits per heavy atom. The van der Waals surface area contributed by atoms with Crippen LogP contribution in [0.25, 0.3) is 0 Å². The number of amides is 2. The van der Waals surface area contributed by atoms with Gasteiger partial charge in [0, 0.05) is 31.1 Å². The van der Waals surface area contributed by atoms with Crippen molar-refractivity contribution in [3.05, 3.63) is 84.3 Å². The molecule has 29 heavy (non-hydrogen) atoms. The summed E-state index contributed by atoms with van der Waals surface area (Å²) >= 11 is 0. The van der Waals surface area contributed by atoms with E-state index in [0.717, 1.165) is 11.1 Å². The fourth-order valence-corrected chi connectivity index (χ4v) is 3.18. The summed E-state index contributed by atoms with van der Waals surface area (Å²) in [4.78, 5) is 34.4. The number of nitrogens with one attached hydrogen (secondary N) is 1. The SMILES string of the molecule is O=C(CCc1cccnc1)Nc1cc(N2CC(c3ccccc3)OC2=O)ccn1. The Labute approximate surface area is 168 Å². The number of rotatable bonds is 6. The van der Waals surface area contributed by atoms with Gasteiger partial charge in [0.15, 0.2) is 0 Å². The average molecular weight is 388 g/mol. The number of aromatic nitrogens is 2. The maximum absolute atomic E-state index is 12.3. The van der Waals surface area contributed by atoms with Crippen molar-refractivity contribution in [2.24, 2.45) is 0 Å². The quantitative estimate of drug-likeness (QED) is 0.695. The zero-order valence-corrected chi connectivity index (χ0v) is 15.7. The molecule has 1 aromatic carbocycles. The van der Waals surface area contributed by atoms with E-state index in [1.807, 2.05) is 42.5 Å². The predicted octanol–water partition coefficient (Wildman–Crippen LogP) is 3.75. The third-order valence-electron chi connectivity index (χ3n) is 4.67. The minimum atomic E-state index is -0.418. The van der Waals surface area contributed by atoms with Crippen LogP contribution in [0.4, 0.5) is 16.3 Å². The Kier molecular flexibility index (Phi) is 5.47. The zero-order chi connectivity index (χ0) is 20.1. The van der Waals surface area contributed by atoms with Crippen LogP contribution in [0.5, 0.6) is 0 Å². The van der Waals surface area contributed by atoms with Gasteiger partial charge in [-0.1, -0.05) is 36.4 Å². The van der Waals surface area contributed by atoms with Gasteiger partial charge in [0.25, 0.3) is 0 Å². The number of hydrogen-bond acceptors (Lipinski definition) is 5. The molecule has 0 aliphatic carbocycles. The van der Waals surface area contributed by atoms with E-state index in [1.165, 1.54) is 0 Å². The Balaban J connectivity index is 1.39. The lowest BCUT2D eigenvalue weighted by Gasteiger charge is -2.14. The maximum atomic E-state index is 12.3. The number of pyridine rings is 2. The monoisotopic (exact) mass is 388 g/mol. The molecule has 146 valence electrons. The first kappa shape index (κ1) is 18.6. The number of cyclic esters (lactones) is 1. The third-order valence-corrected chi connectivity index (χ3v) is 4.67. The summed E-state index contributed by atoms with van der Waals surface area (Å²) in [6.45, 7) is 0.404. The topological polar surface area (TPSA) is 84.4 Å². The van der Waals surface area contributed by atoms with E-state index in [0.29, 0.717) is 30.9 Å². The molecule has 1 aliphatic rings. The molecule has 4 rings (SSSR count). The summed E-state index contributed by atoms with van der Waals surface area (Å²) in [6, 6.07) is 16.8. The number of nitrogens with zero attached hydrogens (tertiary/aromatic N) is 3. The van der Waals surface area contributed by atoms with Crippen molar-refractivity contribution in [2.45, 2.75) is 18.9 Å². The number of carbonyl (C=O) groups excluding carboxylic acids is 2. The van der Waals surface area contributed by atoms with Crippen LogP contribution in [0.1, 0.15) is 23.7 Å². The summed E-state index contributed by atoms with van der Waals surface area (Å²) in [5, 5.41) is 2.78. The smallest absolute Gasteiger partial charge is 0.415 e. The van der Waals surface area contributed by atoms with Crippen LogP contribution >= 0.6 is 0 Å². The number of benzene rings is 1. The van der Waals surface area contributed by atoms with Gasteiger partial charge < -0.3 is 10.1 Å². The average Bonchev–Trinajstić information content (AvgIpc) is 3.15. The molecule has 1 fully saturated rings. The highest BCUT2D eigenvalue weighted by Gasteiger charge is 2.33. The van der Waals surface area contributed by atoms with Gasteiger partial charge in [-0.2, -0.15) is 0 Å². The van der Waals surface area contributed by atoms with Crippen LogP contribution in [0.15, 0.2) is 73.2 Å². The molecule has 2 amide bonds. The van der Waals surface area contributed by atoms with E-state index in [1.54, 1.807) is 35.6 Å². The Morgan fingerprint density at radius 1 is 1.14 bits per heavy atom. The van der Waals surface area contributed by atoms with Crippen molar-refractivity contribution < 1.29 is 14.3 Å². The molecule has 0 saturated carbocycles. The molecule has 1 unspecified atom stereocenters. The van der Waals surface area contributed by atoms with Crippen LogP contribution in [0.2, 0.25) is 0 Å². The number of carbonyl (C=O) groups is 2. The van der Waals surface area contributed by atoms with E-state index < -0.39 is 6.09 Å². The largest absolute Gasteiger partial charge is 0.439 e. The Hall–Kier alpha value is -3.74. The van der Waals surface area contributed by atoms with Gasteiger partial charge in [0.05, 0.1) is 12.2 Å². The van der Waals surface area contributed by atoms with E-state index >= 15 is 0 Å². The normalized spacial score (nSPS) is 15.8. The molecule has 0 radical (unpaired) electrons. The molecule has 0 spiro atoms. The van der Waals surface area contributed by atoms with Crippen molar-refractivity contribution in [1.29, 1.82) is 0 Å². The number of aryl methyl sites for hydroxylation is 1. The standard InChI is InChI=1S/C22H20N4O3/c27-21(9-8-16-5-4-11-23-14-16)25-20-13-18(10-12-24-20)26-15-19(29-22(26)28)17-6-2-1-3-7-17/h1-7,10-14,19H,8-9,15H2,(H,24,25,27). The second kappa shape index (κ2) is 8.52. The number of ether oxygens (including phenoxy) is 1. The molecule has 1 atom stereocenters. The first-order valence-electron chi connectivity index (χ1n) is 9.37. The molecule has 3 heterocycles. The first-order chi connectivity index (χ1) is 14.2. The maximum Gasteiger partial charge on any atom is 0.415 e. The summed E-state index contributed by atoms with van der Waals surface area (Å²) in [5.41, 5.74) is 2.57. The molecule has 3 aromatic rings. The van der Waals surface area contributed by atoms with E-state index in [-0.39, 0.29) is 12.0 Å². The predicted molar refractivity (Wildman–Crippen MR) is 108 cm³/mol. The summed E-state index contributed by atoms with van der Waals surface area (Å²) < 4.78 is 5.50. The fraction of sp³-hybridized carbons (Fsp3) is 0.182. The lowest BCUT2D eigenvalue weighted by Crippen LogP contribution is -2.24. The minimum Gasteiger partial charge on any atom is -0.439 e. The third kappa shape index (κ3) is 4.57. The lowest BCUT2D eigenvalue weighted by molar-refractivity contribution is -0.116. The minimum absolute atomic E-state index is 0.148. The van der Waals surface area contributed by atoms with Gasteiger partial charge in [0.2, 0.25) is 5.91 Å². The Bertz CT molecular complexity index is 995. The molecule has 1 N–H and O–H groups in total. The summed E-state index contributed by atoms with van der Waals surface area (Å²) in [7, 11) is 0. The highest BCUT2D eigenvalue weighted by molar-refractivity contribution is 5.93. The van der Waals surface area contributed by atoms with Gasteiger partial charge in [-0.25, -0.2) is 9.78 Å². The van der Waals surface area contributed by atoms with Crippen molar-refractivity contribution in [3.8, 4) is 0 Å². The molecular weight excluding hydrogens is 368 g/mol. The molecule has 7 heteroatoms. The van der Waals surface area contributed by atoms with Crippen molar-refractivity contribution >= 4 is 23.5 Å². The number of anilines is 2. The van der Waals surface area contributed by atoms with E-state index in [2.05, 4.69) is 15.3 Å². The van der Waals surface area contributed by atoms with Crippen LogP contribution in [0, 0.1) is 0 Å². The molecule has 7 nitrogen and oxygen atoms in total. The van der Waals surface area contributed by atoms with Crippen LogP contribution in [-0.4, -0.2) is 28.5 Å². The summed E-state index contributed by atoms with van der Waals surface area (Å²) in [5.74, 6) is 0.249. The molecule has 1 aliphatic heterocycles. The zero-order valence-electron chi connectivity index (χ0n) is 15.7. The van der Waals surface area contributed by atoms with Crippen molar-refractivity contribution in [1.82, 2.24) is 9.97 Å².